The quantitative estimate of drug-likeness (QED) is 0.686. The monoisotopic (exact) mass is 222 g/mol. The first-order chi connectivity index (χ1) is 7.84. The molecule has 1 heterocycles. The van der Waals surface area contributed by atoms with Crippen molar-refractivity contribution in [2.24, 2.45) is 0 Å². The van der Waals surface area contributed by atoms with Crippen LogP contribution in [0.3, 0.4) is 0 Å². The molecule has 0 bridgehead atoms. The van der Waals surface area contributed by atoms with Crippen molar-refractivity contribution in [3.8, 4) is 0 Å². The van der Waals surface area contributed by atoms with Gasteiger partial charge in [-0.05, 0) is 50.9 Å². The molecular formula is C13H22N2O. The largest absolute Gasteiger partial charge is 0.382 e. The highest BCUT2D eigenvalue weighted by Gasteiger charge is 2.02. The summed E-state index contributed by atoms with van der Waals surface area (Å²) in [5, 5.41) is 3.49. The first-order valence-corrected chi connectivity index (χ1v) is 6.05. The molecular weight excluding hydrogens is 200 g/mol. The summed E-state index contributed by atoms with van der Waals surface area (Å²) in [6.07, 6.45) is 5.96. The Hall–Kier alpha value is -0.930. The van der Waals surface area contributed by atoms with Gasteiger partial charge in [0.25, 0.3) is 0 Å². The Labute approximate surface area is 98.2 Å². The molecule has 90 valence electrons. The van der Waals surface area contributed by atoms with Gasteiger partial charge in [0.05, 0.1) is 0 Å². The fourth-order valence-corrected chi connectivity index (χ4v) is 1.56. The molecule has 16 heavy (non-hydrogen) atoms. The zero-order valence-electron chi connectivity index (χ0n) is 10.3. The fourth-order valence-electron chi connectivity index (χ4n) is 1.56. The molecule has 1 aromatic rings. The molecule has 0 aromatic carbocycles. The number of hydrogen-bond donors (Lipinski definition) is 1. The van der Waals surface area contributed by atoms with Crippen molar-refractivity contribution in [3.63, 3.8) is 0 Å². The number of aromatic nitrogens is 1. The lowest BCUT2D eigenvalue weighted by Crippen LogP contribution is -2.20. The Morgan fingerprint density at radius 2 is 2.06 bits per heavy atom. The minimum absolute atomic E-state index is 0.398. The highest BCUT2D eigenvalue weighted by atomic mass is 16.5. The molecule has 3 heteroatoms. The highest BCUT2D eigenvalue weighted by molar-refractivity contribution is 5.13. The summed E-state index contributed by atoms with van der Waals surface area (Å²) in [5.41, 5.74) is 1.29. The fraction of sp³-hybridized carbons (Fsp3) is 0.615. The minimum atomic E-state index is 0.398. The van der Waals surface area contributed by atoms with Gasteiger partial charge >= 0.3 is 0 Å². The van der Waals surface area contributed by atoms with Crippen LogP contribution in [0.5, 0.6) is 0 Å². The minimum Gasteiger partial charge on any atom is -0.382 e. The van der Waals surface area contributed by atoms with Crippen LogP contribution in [-0.2, 0) is 4.74 Å². The number of ether oxygens (including phenoxy) is 1. The Bertz CT molecular complexity index is 264. The standard InChI is InChI=1S/C13H22N2O/c1-3-16-11-5-4-8-15-12(2)13-6-9-14-10-7-13/h6-7,9-10,12,15H,3-5,8,11H2,1-2H3. The summed E-state index contributed by atoms with van der Waals surface area (Å²) >= 11 is 0. The summed E-state index contributed by atoms with van der Waals surface area (Å²) in [7, 11) is 0. The van der Waals surface area contributed by atoms with E-state index in [1.807, 2.05) is 19.3 Å². The van der Waals surface area contributed by atoms with E-state index >= 15 is 0 Å². The van der Waals surface area contributed by atoms with Crippen molar-refractivity contribution >= 4 is 0 Å². The summed E-state index contributed by atoms with van der Waals surface area (Å²) in [5.74, 6) is 0. The lowest BCUT2D eigenvalue weighted by Gasteiger charge is -2.13. The van der Waals surface area contributed by atoms with Gasteiger partial charge in [-0.2, -0.15) is 0 Å². The molecule has 0 aliphatic carbocycles. The Morgan fingerprint density at radius 1 is 1.31 bits per heavy atom. The first kappa shape index (κ1) is 13.1. The zero-order valence-corrected chi connectivity index (χ0v) is 10.3. The molecule has 3 nitrogen and oxygen atoms in total. The second-order valence-corrected chi connectivity index (χ2v) is 3.86. The Kier molecular flexibility index (Phi) is 6.77. The molecule has 1 atom stereocenters. The van der Waals surface area contributed by atoms with Crippen LogP contribution < -0.4 is 5.32 Å². The van der Waals surface area contributed by atoms with Crippen LogP contribution in [0.2, 0.25) is 0 Å². The van der Waals surface area contributed by atoms with Crippen molar-refractivity contribution in [3.05, 3.63) is 30.1 Å². The molecule has 0 spiro atoms. The van der Waals surface area contributed by atoms with Crippen LogP contribution in [-0.4, -0.2) is 24.7 Å². The van der Waals surface area contributed by atoms with E-state index in [2.05, 4.69) is 29.4 Å². The zero-order chi connectivity index (χ0) is 11.6. The number of nitrogens with zero attached hydrogens (tertiary/aromatic N) is 1. The molecule has 1 rings (SSSR count). The second kappa shape index (κ2) is 8.25. The van der Waals surface area contributed by atoms with Crippen LogP contribution in [0.15, 0.2) is 24.5 Å². The van der Waals surface area contributed by atoms with Crippen molar-refractivity contribution in [1.82, 2.24) is 10.3 Å². The van der Waals surface area contributed by atoms with Gasteiger partial charge in [-0.1, -0.05) is 0 Å². The topological polar surface area (TPSA) is 34.1 Å². The van der Waals surface area contributed by atoms with Crippen molar-refractivity contribution < 1.29 is 4.74 Å². The summed E-state index contributed by atoms with van der Waals surface area (Å²) < 4.78 is 5.29. The number of unbranched alkanes of at least 4 members (excludes halogenated alkanes) is 1. The van der Waals surface area contributed by atoms with Crippen molar-refractivity contribution in [2.45, 2.75) is 32.7 Å². The van der Waals surface area contributed by atoms with Gasteiger partial charge in [0.1, 0.15) is 0 Å². The van der Waals surface area contributed by atoms with Gasteiger partial charge in [0, 0.05) is 31.6 Å². The van der Waals surface area contributed by atoms with Gasteiger partial charge < -0.3 is 10.1 Å². The van der Waals surface area contributed by atoms with E-state index in [0.717, 1.165) is 32.6 Å². The van der Waals surface area contributed by atoms with E-state index in [9.17, 15) is 0 Å². The Balaban J connectivity index is 2.09. The molecule has 1 N–H and O–H groups in total. The summed E-state index contributed by atoms with van der Waals surface area (Å²) in [6, 6.07) is 4.51. The van der Waals surface area contributed by atoms with E-state index in [-0.39, 0.29) is 0 Å². The van der Waals surface area contributed by atoms with E-state index in [1.54, 1.807) is 0 Å². The number of pyridine rings is 1. The molecule has 0 saturated carbocycles. The van der Waals surface area contributed by atoms with Gasteiger partial charge in [0.2, 0.25) is 0 Å². The molecule has 1 aromatic heterocycles. The predicted molar refractivity (Wildman–Crippen MR) is 66.4 cm³/mol. The predicted octanol–water partition coefficient (Wildman–Crippen LogP) is 2.55. The smallest absolute Gasteiger partial charge is 0.0466 e. The van der Waals surface area contributed by atoms with Gasteiger partial charge in [0.15, 0.2) is 0 Å². The average molecular weight is 222 g/mol. The lowest BCUT2D eigenvalue weighted by atomic mass is 10.1. The summed E-state index contributed by atoms with van der Waals surface area (Å²) in [4.78, 5) is 4.01. The van der Waals surface area contributed by atoms with Crippen LogP contribution in [0.4, 0.5) is 0 Å². The van der Waals surface area contributed by atoms with E-state index in [1.165, 1.54) is 5.56 Å². The second-order valence-electron chi connectivity index (χ2n) is 3.86. The third-order valence-corrected chi connectivity index (χ3v) is 2.58. The van der Waals surface area contributed by atoms with Gasteiger partial charge in [-0.15, -0.1) is 0 Å². The lowest BCUT2D eigenvalue weighted by molar-refractivity contribution is 0.143. The molecule has 0 fully saturated rings. The maximum absolute atomic E-state index is 5.29. The van der Waals surface area contributed by atoms with E-state index in [4.69, 9.17) is 4.74 Å². The normalized spacial score (nSPS) is 12.6. The van der Waals surface area contributed by atoms with Gasteiger partial charge in [-0.3, -0.25) is 4.98 Å². The average Bonchev–Trinajstić information content (AvgIpc) is 2.34. The number of nitrogens with one attached hydrogen (secondary N) is 1. The molecule has 0 aliphatic rings. The molecule has 0 saturated heterocycles. The third kappa shape index (κ3) is 5.24. The number of rotatable bonds is 8. The molecule has 0 radical (unpaired) electrons. The van der Waals surface area contributed by atoms with Crippen LogP contribution >= 0.6 is 0 Å². The highest BCUT2D eigenvalue weighted by Crippen LogP contribution is 2.09. The summed E-state index contributed by atoms with van der Waals surface area (Å²) in [6.45, 7) is 6.95. The Morgan fingerprint density at radius 3 is 2.75 bits per heavy atom. The van der Waals surface area contributed by atoms with E-state index < -0.39 is 0 Å². The molecule has 0 aliphatic heterocycles. The van der Waals surface area contributed by atoms with Crippen molar-refractivity contribution in [2.75, 3.05) is 19.8 Å². The van der Waals surface area contributed by atoms with Crippen LogP contribution in [0, 0.1) is 0 Å². The molecule has 1 unspecified atom stereocenters. The van der Waals surface area contributed by atoms with Crippen LogP contribution in [0.25, 0.3) is 0 Å². The maximum Gasteiger partial charge on any atom is 0.0466 e. The maximum atomic E-state index is 5.29. The van der Waals surface area contributed by atoms with E-state index in [0.29, 0.717) is 6.04 Å². The SMILES string of the molecule is CCOCCCCNC(C)c1ccncc1. The molecule has 0 amide bonds. The third-order valence-electron chi connectivity index (χ3n) is 2.58. The van der Waals surface area contributed by atoms with Crippen molar-refractivity contribution in [1.29, 1.82) is 0 Å². The van der Waals surface area contributed by atoms with Gasteiger partial charge in [-0.25, -0.2) is 0 Å². The first-order valence-electron chi connectivity index (χ1n) is 6.05. The number of hydrogen-bond acceptors (Lipinski definition) is 3. The van der Waals surface area contributed by atoms with Crippen LogP contribution in [0.1, 0.15) is 38.3 Å².